The van der Waals surface area contributed by atoms with Gasteiger partial charge in [-0.1, -0.05) is 0 Å². The van der Waals surface area contributed by atoms with Crippen LogP contribution in [-0.4, -0.2) is 30.0 Å². The number of hydrogen-bond donors (Lipinski definition) is 1. The molecule has 0 radical (unpaired) electrons. The molecule has 1 amide bonds. The first-order chi connectivity index (χ1) is 6.65. The van der Waals surface area contributed by atoms with Crippen molar-refractivity contribution in [2.45, 2.75) is 13.0 Å². The molecule has 14 heavy (non-hydrogen) atoms. The fraction of sp³-hybridized carbons (Fsp3) is 0.375. The largest absolute Gasteiger partial charge is 0.467 e. The van der Waals surface area contributed by atoms with Gasteiger partial charge in [-0.15, -0.1) is 11.3 Å². The van der Waals surface area contributed by atoms with Crippen molar-refractivity contribution in [3.8, 4) is 0 Å². The van der Waals surface area contributed by atoms with Crippen molar-refractivity contribution >= 4 is 23.2 Å². The van der Waals surface area contributed by atoms with E-state index in [1.54, 1.807) is 17.8 Å². The van der Waals surface area contributed by atoms with Crippen molar-refractivity contribution in [2.75, 3.05) is 7.11 Å². The highest BCUT2D eigenvalue weighted by Gasteiger charge is 2.17. The molecule has 1 N–H and O–H groups in total. The molecule has 6 heteroatoms. The Morgan fingerprint density at radius 1 is 1.64 bits per heavy atom. The highest BCUT2D eigenvalue weighted by atomic mass is 32.1. The number of esters is 1. The van der Waals surface area contributed by atoms with Gasteiger partial charge < -0.3 is 10.1 Å². The zero-order chi connectivity index (χ0) is 10.6. The lowest BCUT2D eigenvalue weighted by Crippen LogP contribution is -2.39. The van der Waals surface area contributed by atoms with Gasteiger partial charge in [-0.05, 0) is 6.92 Å². The molecule has 0 saturated heterocycles. The molecule has 0 aliphatic heterocycles. The molecule has 5 nitrogen and oxygen atoms in total. The molecular weight excluding hydrogens is 204 g/mol. The topological polar surface area (TPSA) is 68.3 Å². The number of thiazole rings is 1. The van der Waals surface area contributed by atoms with E-state index in [0.717, 1.165) is 0 Å². The van der Waals surface area contributed by atoms with Gasteiger partial charge in [0.05, 0.1) is 12.6 Å². The zero-order valence-corrected chi connectivity index (χ0v) is 8.63. The van der Waals surface area contributed by atoms with Crippen LogP contribution < -0.4 is 5.32 Å². The summed E-state index contributed by atoms with van der Waals surface area (Å²) in [6, 6.07) is -0.658. The van der Waals surface area contributed by atoms with E-state index in [-0.39, 0.29) is 5.91 Å². The van der Waals surface area contributed by atoms with Crippen LogP contribution in [0.15, 0.2) is 10.9 Å². The molecule has 1 unspecified atom stereocenters. The molecular formula is C8H10N2O3S. The minimum atomic E-state index is -0.658. The van der Waals surface area contributed by atoms with Crippen LogP contribution in [0.5, 0.6) is 0 Å². The molecule has 0 aliphatic carbocycles. The van der Waals surface area contributed by atoms with Crippen molar-refractivity contribution in [2.24, 2.45) is 0 Å². The van der Waals surface area contributed by atoms with Crippen molar-refractivity contribution in [1.82, 2.24) is 10.3 Å². The third-order valence-electron chi connectivity index (χ3n) is 1.57. The maximum atomic E-state index is 11.4. The molecule has 0 fully saturated rings. The maximum absolute atomic E-state index is 11.4. The van der Waals surface area contributed by atoms with Crippen LogP contribution in [0.4, 0.5) is 0 Å². The molecule has 0 aliphatic rings. The van der Waals surface area contributed by atoms with Gasteiger partial charge in [0.15, 0.2) is 0 Å². The van der Waals surface area contributed by atoms with E-state index in [1.165, 1.54) is 18.4 Å². The number of rotatable bonds is 3. The number of carbonyl (C=O) groups is 2. The van der Waals surface area contributed by atoms with Crippen molar-refractivity contribution in [3.63, 3.8) is 0 Å². The number of ether oxygens (including phenoxy) is 1. The van der Waals surface area contributed by atoms with Gasteiger partial charge in [0, 0.05) is 5.38 Å². The number of amides is 1. The predicted octanol–water partition coefficient (Wildman–Crippen LogP) is 0.434. The first-order valence-electron chi connectivity index (χ1n) is 3.92. The van der Waals surface area contributed by atoms with Gasteiger partial charge in [-0.3, -0.25) is 4.79 Å². The van der Waals surface area contributed by atoms with Gasteiger partial charge >= 0.3 is 5.97 Å². The maximum Gasteiger partial charge on any atom is 0.328 e. The predicted molar refractivity (Wildman–Crippen MR) is 51.1 cm³/mol. The van der Waals surface area contributed by atoms with Crippen LogP contribution in [0, 0.1) is 0 Å². The summed E-state index contributed by atoms with van der Waals surface area (Å²) in [6.45, 7) is 1.55. The van der Waals surface area contributed by atoms with Gasteiger partial charge in [-0.25, -0.2) is 9.78 Å². The van der Waals surface area contributed by atoms with Crippen LogP contribution in [-0.2, 0) is 9.53 Å². The lowest BCUT2D eigenvalue weighted by Gasteiger charge is -2.09. The monoisotopic (exact) mass is 214 g/mol. The van der Waals surface area contributed by atoms with Gasteiger partial charge in [-0.2, -0.15) is 0 Å². The van der Waals surface area contributed by atoms with Crippen molar-refractivity contribution < 1.29 is 14.3 Å². The second kappa shape index (κ2) is 4.71. The molecule has 0 bridgehead atoms. The Labute approximate surface area is 85.1 Å². The van der Waals surface area contributed by atoms with Crippen molar-refractivity contribution in [1.29, 1.82) is 0 Å². The summed E-state index contributed by atoms with van der Waals surface area (Å²) in [6.07, 6.45) is 0. The lowest BCUT2D eigenvalue weighted by molar-refractivity contribution is -0.142. The van der Waals surface area contributed by atoms with E-state index < -0.39 is 12.0 Å². The summed E-state index contributed by atoms with van der Waals surface area (Å²) in [5.74, 6) is -0.849. The molecule has 0 spiro atoms. The molecule has 76 valence electrons. The second-order valence-electron chi connectivity index (χ2n) is 2.59. The van der Waals surface area contributed by atoms with Gasteiger partial charge in [0.1, 0.15) is 11.7 Å². The molecule has 0 aromatic carbocycles. The summed E-state index contributed by atoms with van der Waals surface area (Å²) < 4.78 is 4.46. The Morgan fingerprint density at radius 2 is 2.36 bits per heavy atom. The SMILES string of the molecule is COC(=O)C(C)NC(=O)c1cscn1. The number of nitrogens with zero attached hydrogens (tertiary/aromatic N) is 1. The quantitative estimate of drug-likeness (QED) is 0.741. The first-order valence-corrected chi connectivity index (χ1v) is 4.86. The van der Waals surface area contributed by atoms with Crippen LogP contribution in [0.25, 0.3) is 0 Å². The lowest BCUT2D eigenvalue weighted by atomic mass is 10.3. The normalized spacial score (nSPS) is 11.9. The van der Waals surface area contributed by atoms with E-state index in [9.17, 15) is 9.59 Å². The highest BCUT2D eigenvalue weighted by Crippen LogP contribution is 2.01. The number of nitrogens with one attached hydrogen (secondary N) is 1. The molecule has 1 aromatic heterocycles. The molecule has 1 heterocycles. The van der Waals surface area contributed by atoms with E-state index in [1.807, 2.05) is 0 Å². The fourth-order valence-electron chi connectivity index (χ4n) is 0.831. The van der Waals surface area contributed by atoms with Gasteiger partial charge in [0.25, 0.3) is 5.91 Å². The highest BCUT2D eigenvalue weighted by molar-refractivity contribution is 7.07. The third-order valence-corrected chi connectivity index (χ3v) is 2.15. The number of hydrogen-bond acceptors (Lipinski definition) is 5. The Balaban J connectivity index is 2.53. The molecule has 1 aromatic rings. The second-order valence-corrected chi connectivity index (χ2v) is 3.31. The molecule has 0 saturated carbocycles. The fourth-order valence-corrected chi connectivity index (χ4v) is 1.36. The number of aromatic nitrogens is 1. The van der Waals surface area contributed by atoms with Crippen LogP contribution in [0.3, 0.4) is 0 Å². The van der Waals surface area contributed by atoms with E-state index in [0.29, 0.717) is 5.69 Å². The van der Waals surface area contributed by atoms with Crippen LogP contribution in [0.1, 0.15) is 17.4 Å². The average molecular weight is 214 g/mol. The Hall–Kier alpha value is -1.43. The Bertz CT molecular complexity index is 323. The molecule has 1 rings (SSSR count). The minimum absolute atomic E-state index is 0.311. The van der Waals surface area contributed by atoms with E-state index in [2.05, 4.69) is 15.0 Å². The Morgan fingerprint density at radius 3 is 2.86 bits per heavy atom. The van der Waals surface area contributed by atoms with E-state index >= 15 is 0 Å². The van der Waals surface area contributed by atoms with Crippen LogP contribution >= 0.6 is 11.3 Å². The zero-order valence-electron chi connectivity index (χ0n) is 7.81. The smallest absolute Gasteiger partial charge is 0.328 e. The summed E-state index contributed by atoms with van der Waals surface area (Å²) in [4.78, 5) is 26.1. The van der Waals surface area contributed by atoms with E-state index in [4.69, 9.17) is 0 Å². The first kappa shape index (κ1) is 10.6. The van der Waals surface area contributed by atoms with Crippen molar-refractivity contribution in [3.05, 3.63) is 16.6 Å². The standard InChI is InChI=1S/C8H10N2O3S/c1-5(8(12)13-2)10-7(11)6-3-14-4-9-6/h3-5H,1-2H3,(H,10,11). The molecule has 1 atom stereocenters. The number of carbonyl (C=O) groups excluding carboxylic acids is 2. The average Bonchev–Trinajstić information content (AvgIpc) is 2.69. The van der Waals surface area contributed by atoms with Gasteiger partial charge in [0.2, 0.25) is 0 Å². The third kappa shape index (κ3) is 2.53. The Kier molecular flexibility index (Phi) is 3.58. The minimum Gasteiger partial charge on any atom is -0.467 e. The summed E-state index contributed by atoms with van der Waals surface area (Å²) >= 11 is 1.32. The summed E-state index contributed by atoms with van der Waals surface area (Å²) in [5, 5.41) is 4.07. The summed E-state index contributed by atoms with van der Waals surface area (Å²) in [7, 11) is 1.27. The summed E-state index contributed by atoms with van der Waals surface area (Å²) in [5.41, 5.74) is 1.86. The number of methoxy groups -OCH3 is 1. The van der Waals surface area contributed by atoms with Crippen LogP contribution in [0.2, 0.25) is 0 Å².